The van der Waals surface area contributed by atoms with Crippen molar-refractivity contribution in [1.82, 2.24) is 14.8 Å². The largest absolute Gasteiger partial charge is 0.507 e. The van der Waals surface area contributed by atoms with E-state index in [4.69, 9.17) is 16.3 Å². The fourth-order valence-electron chi connectivity index (χ4n) is 4.84. The third-order valence-corrected chi connectivity index (χ3v) is 7.19. The number of pyridine rings is 1. The molecule has 0 bridgehead atoms. The molecule has 1 aromatic heterocycles. The number of piperazine rings is 1. The van der Waals surface area contributed by atoms with Crippen LogP contribution in [0, 0.1) is 5.82 Å². The van der Waals surface area contributed by atoms with E-state index in [0.717, 1.165) is 5.56 Å². The molecule has 0 radical (unpaired) electrons. The van der Waals surface area contributed by atoms with E-state index in [0.29, 0.717) is 6.54 Å². The van der Waals surface area contributed by atoms with Gasteiger partial charge in [-0.15, -0.1) is 0 Å². The molecule has 3 heterocycles. The number of phenols is 1. The number of rotatable bonds is 5. The van der Waals surface area contributed by atoms with Gasteiger partial charge in [-0.1, -0.05) is 54.6 Å². The molecule has 8 nitrogen and oxygen atoms in total. The average molecular weight is 537 g/mol. The van der Waals surface area contributed by atoms with Crippen LogP contribution in [0.4, 0.5) is 10.2 Å². The molecule has 0 aliphatic carbocycles. The van der Waals surface area contributed by atoms with Crippen molar-refractivity contribution >= 4 is 29.2 Å². The van der Waals surface area contributed by atoms with Crippen LogP contribution in [0.15, 0.2) is 61.2 Å². The maximum absolute atomic E-state index is 14.9. The van der Waals surface area contributed by atoms with Gasteiger partial charge in [0.15, 0.2) is 5.75 Å². The molecule has 38 heavy (non-hydrogen) atoms. The minimum absolute atomic E-state index is 0.0445. The molecule has 1 fully saturated rings. The van der Waals surface area contributed by atoms with E-state index in [1.54, 1.807) is 9.80 Å². The molecule has 0 spiro atoms. The van der Waals surface area contributed by atoms with E-state index < -0.39 is 11.9 Å². The van der Waals surface area contributed by atoms with Gasteiger partial charge in [-0.25, -0.2) is 9.37 Å². The summed E-state index contributed by atoms with van der Waals surface area (Å²) in [4.78, 5) is 34.0. The molecule has 2 aliphatic heterocycles. The number of ether oxygens (including phenoxy) is 1. The molecule has 2 atom stereocenters. The van der Waals surface area contributed by atoms with E-state index in [1.165, 1.54) is 24.3 Å². The van der Waals surface area contributed by atoms with Crippen LogP contribution >= 0.6 is 11.6 Å². The van der Waals surface area contributed by atoms with E-state index in [9.17, 15) is 19.1 Å². The quantitative estimate of drug-likeness (QED) is 0.461. The molecular weight excluding hydrogens is 511 g/mol. The number of amides is 2. The van der Waals surface area contributed by atoms with Crippen LogP contribution in [-0.4, -0.2) is 64.0 Å². The average Bonchev–Trinajstić information content (AvgIpc) is 3.07. The molecule has 2 aliphatic rings. The standard InChI is InChI=1S/C28H26ClFN4O4/c1-3-21(36)33-12-13-34-18(14-33)15-38-26-23(28(34)37)27(31-16(2)17-8-5-4-6-9-17)32-25(24(26)29)22-19(30)10-7-11-20(22)35/h3-11,16,18,35H,1,12-15H2,2H3,(H,31,32)/t16-,18-/m1/s1. The summed E-state index contributed by atoms with van der Waals surface area (Å²) < 4.78 is 21.0. The SMILES string of the molecule is C=CC(=O)N1CCN2C(=O)c3c(N[C@H](C)c4ccccc4)nc(-c4c(O)cccc4F)c(Cl)c3OC[C@H]2C1. The highest BCUT2D eigenvalue weighted by atomic mass is 35.5. The molecule has 2 aromatic carbocycles. The molecule has 196 valence electrons. The van der Waals surface area contributed by atoms with Gasteiger partial charge in [0.2, 0.25) is 5.91 Å². The van der Waals surface area contributed by atoms with Crippen LogP contribution < -0.4 is 10.1 Å². The fourth-order valence-corrected chi connectivity index (χ4v) is 5.13. The fraction of sp³-hybridized carbons (Fsp3) is 0.250. The zero-order chi connectivity index (χ0) is 27.0. The molecule has 0 saturated carbocycles. The number of hydrogen-bond acceptors (Lipinski definition) is 6. The monoisotopic (exact) mass is 536 g/mol. The van der Waals surface area contributed by atoms with Gasteiger partial charge in [-0.3, -0.25) is 9.59 Å². The van der Waals surface area contributed by atoms with Crippen molar-refractivity contribution in [3.05, 3.63) is 83.2 Å². The number of carbonyl (C=O) groups is 2. The Balaban J connectivity index is 1.64. The number of carbonyl (C=O) groups excluding carboxylic acids is 2. The number of hydrogen-bond donors (Lipinski definition) is 2. The van der Waals surface area contributed by atoms with Crippen LogP contribution in [0.25, 0.3) is 11.3 Å². The molecule has 1 saturated heterocycles. The predicted molar refractivity (Wildman–Crippen MR) is 142 cm³/mol. The van der Waals surface area contributed by atoms with Crippen molar-refractivity contribution in [2.75, 3.05) is 31.6 Å². The molecule has 2 amide bonds. The molecule has 10 heteroatoms. The first-order valence-corrected chi connectivity index (χ1v) is 12.6. The van der Waals surface area contributed by atoms with E-state index >= 15 is 0 Å². The van der Waals surface area contributed by atoms with Gasteiger partial charge in [0.05, 0.1) is 11.6 Å². The van der Waals surface area contributed by atoms with Crippen molar-refractivity contribution in [1.29, 1.82) is 0 Å². The summed E-state index contributed by atoms with van der Waals surface area (Å²) in [5.74, 6) is -1.48. The number of fused-ring (bicyclic) bond motifs is 2. The van der Waals surface area contributed by atoms with Gasteiger partial charge < -0.3 is 25.0 Å². The highest BCUT2D eigenvalue weighted by Gasteiger charge is 2.40. The van der Waals surface area contributed by atoms with E-state index in [-0.39, 0.29) is 76.7 Å². The zero-order valence-electron chi connectivity index (χ0n) is 20.7. The maximum atomic E-state index is 14.9. The summed E-state index contributed by atoms with van der Waals surface area (Å²) >= 11 is 6.73. The number of halogens is 2. The predicted octanol–water partition coefficient (Wildman–Crippen LogP) is 4.65. The summed E-state index contributed by atoms with van der Waals surface area (Å²) in [6, 6.07) is 12.7. The van der Waals surface area contributed by atoms with E-state index in [2.05, 4.69) is 16.9 Å². The van der Waals surface area contributed by atoms with Crippen LogP contribution in [0.2, 0.25) is 5.02 Å². The lowest BCUT2D eigenvalue weighted by Gasteiger charge is -2.39. The van der Waals surface area contributed by atoms with Crippen molar-refractivity contribution in [3.8, 4) is 22.8 Å². The van der Waals surface area contributed by atoms with Crippen molar-refractivity contribution in [2.24, 2.45) is 0 Å². The smallest absolute Gasteiger partial charge is 0.261 e. The lowest BCUT2D eigenvalue weighted by Crippen LogP contribution is -2.57. The van der Waals surface area contributed by atoms with Crippen LogP contribution in [0.5, 0.6) is 11.5 Å². The summed E-state index contributed by atoms with van der Waals surface area (Å²) in [6.45, 7) is 6.40. The number of phenolic OH excluding ortho intramolecular Hbond substituents is 1. The Morgan fingerprint density at radius 1 is 1.24 bits per heavy atom. The molecular formula is C28H26ClFN4O4. The number of anilines is 1. The Morgan fingerprint density at radius 2 is 2.00 bits per heavy atom. The van der Waals surface area contributed by atoms with E-state index in [1.807, 2.05) is 37.3 Å². The third-order valence-electron chi connectivity index (χ3n) is 6.84. The van der Waals surface area contributed by atoms with Gasteiger partial charge in [0.25, 0.3) is 5.91 Å². The van der Waals surface area contributed by atoms with Gasteiger partial charge >= 0.3 is 0 Å². The number of nitrogens with one attached hydrogen (secondary N) is 1. The third kappa shape index (κ3) is 4.54. The van der Waals surface area contributed by atoms with Gasteiger partial charge in [-0.05, 0) is 30.7 Å². The van der Waals surface area contributed by atoms with Crippen molar-refractivity contribution < 1.29 is 23.8 Å². The number of aromatic hydroxyl groups is 1. The minimum Gasteiger partial charge on any atom is -0.507 e. The number of aromatic nitrogens is 1. The Labute approximate surface area is 224 Å². The van der Waals surface area contributed by atoms with Crippen molar-refractivity contribution in [2.45, 2.75) is 19.0 Å². The van der Waals surface area contributed by atoms with Crippen LogP contribution in [0.3, 0.4) is 0 Å². The number of benzene rings is 2. The van der Waals surface area contributed by atoms with Crippen LogP contribution in [0.1, 0.15) is 28.9 Å². The van der Waals surface area contributed by atoms with Crippen molar-refractivity contribution in [3.63, 3.8) is 0 Å². The zero-order valence-corrected chi connectivity index (χ0v) is 21.4. The van der Waals surface area contributed by atoms with Gasteiger partial charge in [0, 0.05) is 25.7 Å². The highest BCUT2D eigenvalue weighted by molar-refractivity contribution is 6.35. The summed E-state index contributed by atoms with van der Waals surface area (Å²) in [6.07, 6.45) is 1.24. The first-order valence-electron chi connectivity index (χ1n) is 12.2. The van der Waals surface area contributed by atoms with Gasteiger partial charge in [0.1, 0.15) is 40.3 Å². The highest BCUT2D eigenvalue weighted by Crippen LogP contribution is 2.45. The lowest BCUT2D eigenvalue weighted by atomic mass is 10.0. The second-order valence-corrected chi connectivity index (χ2v) is 9.57. The van der Waals surface area contributed by atoms with Crippen LogP contribution in [-0.2, 0) is 4.79 Å². The Kier molecular flexibility index (Phi) is 6.94. The summed E-state index contributed by atoms with van der Waals surface area (Å²) in [7, 11) is 0. The molecule has 5 rings (SSSR count). The Morgan fingerprint density at radius 3 is 2.71 bits per heavy atom. The second-order valence-electron chi connectivity index (χ2n) is 9.19. The Bertz CT molecular complexity index is 1400. The maximum Gasteiger partial charge on any atom is 0.261 e. The summed E-state index contributed by atoms with van der Waals surface area (Å²) in [5.41, 5.74) is 0.796. The Hall–Kier alpha value is -4.11. The molecule has 2 N–H and O–H groups in total. The first kappa shape index (κ1) is 25.5. The molecule has 3 aromatic rings. The first-order chi connectivity index (χ1) is 18.3. The lowest BCUT2D eigenvalue weighted by molar-refractivity contribution is -0.128. The normalized spacial score (nSPS) is 17.6. The second kappa shape index (κ2) is 10.3. The minimum atomic E-state index is -0.725. The summed E-state index contributed by atoms with van der Waals surface area (Å²) in [5, 5.41) is 13.7. The number of nitrogens with zero attached hydrogens (tertiary/aromatic N) is 3. The molecule has 0 unspecified atom stereocenters. The topological polar surface area (TPSA) is 95.0 Å². The van der Waals surface area contributed by atoms with Gasteiger partial charge in [-0.2, -0.15) is 0 Å².